The number of carbonyl (C=O) groups excluding carboxylic acids is 1. The van der Waals surface area contributed by atoms with Gasteiger partial charge in [0.1, 0.15) is 11.3 Å². The lowest BCUT2D eigenvalue weighted by Gasteiger charge is -2.18. The first-order chi connectivity index (χ1) is 8.47. The third kappa shape index (κ3) is 1.80. The van der Waals surface area contributed by atoms with Crippen LogP contribution >= 0.6 is 11.6 Å². The Morgan fingerprint density at radius 2 is 2.17 bits per heavy atom. The Bertz CT molecular complexity index is 541. The van der Waals surface area contributed by atoms with Crippen LogP contribution in [0.25, 0.3) is 0 Å². The van der Waals surface area contributed by atoms with Crippen molar-refractivity contribution in [2.75, 3.05) is 18.6 Å². The summed E-state index contributed by atoms with van der Waals surface area (Å²) in [7, 11) is 1.41. The highest BCUT2D eigenvalue weighted by molar-refractivity contribution is 6.34. The maximum absolute atomic E-state index is 11.5. The van der Waals surface area contributed by atoms with E-state index >= 15 is 0 Å². The summed E-state index contributed by atoms with van der Waals surface area (Å²) in [5, 5.41) is 9.37. The molecule has 1 aromatic carbocycles. The number of carbonyl (C=O) groups is 2. The molecular weight excluding hydrogens is 258 g/mol. The molecule has 1 heterocycles. The van der Waals surface area contributed by atoms with Gasteiger partial charge < -0.3 is 14.7 Å². The highest BCUT2D eigenvalue weighted by atomic mass is 35.5. The molecule has 1 amide bonds. The lowest BCUT2D eigenvalue weighted by Crippen LogP contribution is -2.26. The molecule has 0 aromatic heterocycles. The van der Waals surface area contributed by atoms with Crippen molar-refractivity contribution in [1.29, 1.82) is 0 Å². The van der Waals surface area contributed by atoms with Crippen LogP contribution in [0.15, 0.2) is 6.07 Å². The van der Waals surface area contributed by atoms with Gasteiger partial charge in [0.05, 0.1) is 17.8 Å². The quantitative estimate of drug-likeness (QED) is 0.891. The lowest BCUT2D eigenvalue weighted by molar-refractivity contribution is -0.116. The van der Waals surface area contributed by atoms with Crippen LogP contribution in [0.3, 0.4) is 0 Å². The van der Waals surface area contributed by atoms with E-state index in [1.807, 2.05) is 0 Å². The number of fused-ring (bicyclic) bond motifs is 1. The summed E-state index contributed by atoms with van der Waals surface area (Å²) in [4.78, 5) is 24.2. The summed E-state index contributed by atoms with van der Waals surface area (Å²) in [5.74, 6) is -0.941. The molecule has 2 rings (SSSR count). The van der Waals surface area contributed by atoms with E-state index in [1.165, 1.54) is 25.0 Å². The van der Waals surface area contributed by atoms with Crippen LogP contribution < -0.4 is 9.64 Å². The molecule has 96 valence electrons. The Morgan fingerprint density at radius 3 is 2.67 bits per heavy atom. The number of carboxylic acids is 1. The number of halogens is 1. The number of hydrogen-bond acceptors (Lipinski definition) is 3. The Labute approximate surface area is 109 Å². The van der Waals surface area contributed by atoms with Crippen molar-refractivity contribution in [2.24, 2.45) is 0 Å². The normalized spacial score (nSPS) is 13.4. The fourth-order valence-corrected chi connectivity index (χ4v) is 2.57. The molecule has 1 aliphatic rings. The standard InChI is InChI=1S/C12H12ClNO4/c1-6(15)14-4-3-7-10(14)9(13)5-8(12(16)17)11(7)18-2/h5H,3-4H2,1-2H3,(H,16,17). The number of amides is 1. The van der Waals surface area contributed by atoms with Gasteiger partial charge in [-0.25, -0.2) is 4.79 Å². The smallest absolute Gasteiger partial charge is 0.339 e. The second-order valence-corrected chi connectivity index (χ2v) is 4.40. The number of benzene rings is 1. The number of carboxylic acid groups (broad SMARTS) is 1. The average Bonchev–Trinajstić information content (AvgIpc) is 2.73. The van der Waals surface area contributed by atoms with E-state index in [1.54, 1.807) is 0 Å². The second kappa shape index (κ2) is 4.49. The molecule has 1 aliphatic heterocycles. The third-order valence-corrected chi connectivity index (χ3v) is 3.26. The molecule has 0 radical (unpaired) electrons. The molecule has 0 bridgehead atoms. The predicted molar refractivity (Wildman–Crippen MR) is 66.7 cm³/mol. The van der Waals surface area contributed by atoms with Crippen molar-refractivity contribution in [2.45, 2.75) is 13.3 Å². The summed E-state index contributed by atoms with van der Waals surface area (Å²) in [6.45, 7) is 1.94. The minimum atomic E-state index is -1.10. The van der Waals surface area contributed by atoms with Gasteiger partial charge in [0.25, 0.3) is 0 Å². The molecule has 5 nitrogen and oxygen atoms in total. The largest absolute Gasteiger partial charge is 0.495 e. The zero-order chi connectivity index (χ0) is 13.4. The fourth-order valence-electron chi connectivity index (χ4n) is 2.24. The lowest BCUT2D eigenvalue weighted by atomic mass is 10.1. The van der Waals surface area contributed by atoms with Crippen LogP contribution in [-0.4, -0.2) is 30.6 Å². The number of ether oxygens (including phenoxy) is 1. The van der Waals surface area contributed by atoms with Gasteiger partial charge >= 0.3 is 5.97 Å². The van der Waals surface area contributed by atoms with Crippen LogP contribution in [0.2, 0.25) is 5.02 Å². The van der Waals surface area contributed by atoms with Gasteiger partial charge in [-0.2, -0.15) is 0 Å². The van der Waals surface area contributed by atoms with E-state index in [4.69, 9.17) is 21.4 Å². The minimum absolute atomic E-state index is 0.0200. The summed E-state index contributed by atoms with van der Waals surface area (Å²) in [6, 6.07) is 1.32. The van der Waals surface area contributed by atoms with E-state index in [0.717, 1.165) is 0 Å². The molecule has 1 aromatic rings. The van der Waals surface area contributed by atoms with E-state index in [9.17, 15) is 9.59 Å². The van der Waals surface area contributed by atoms with Crippen molar-refractivity contribution >= 4 is 29.2 Å². The van der Waals surface area contributed by atoms with E-state index in [2.05, 4.69) is 0 Å². The van der Waals surface area contributed by atoms with Gasteiger partial charge in [-0.3, -0.25) is 4.79 Å². The van der Waals surface area contributed by atoms with Crippen molar-refractivity contribution in [3.05, 3.63) is 22.2 Å². The van der Waals surface area contributed by atoms with Crippen molar-refractivity contribution < 1.29 is 19.4 Å². The summed E-state index contributed by atoms with van der Waals surface area (Å²) >= 11 is 6.07. The zero-order valence-corrected chi connectivity index (χ0v) is 10.7. The van der Waals surface area contributed by atoms with Gasteiger partial charge in [-0.15, -0.1) is 0 Å². The van der Waals surface area contributed by atoms with Crippen molar-refractivity contribution in [1.82, 2.24) is 0 Å². The molecule has 0 aliphatic carbocycles. The number of aromatic carboxylic acids is 1. The monoisotopic (exact) mass is 269 g/mol. The number of hydrogen-bond donors (Lipinski definition) is 1. The summed E-state index contributed by atoms with van der Waals surface area (Å²) in [6.07, 6.45) is 0.541. The van der Waals surface area contributed by atoms with Gasteiger partial charge in [0.15, 0.2) is 0 Å². The van der Waals surface area contributed by atoms with Crippen LogP contribution in [-0.2, 0) is 11.2 Å². The summed E-state index contributed by atoms with van der Waals surface area (Å²) in [5.41, 5.74) is 1.26. The van der Waals surface area contributed by atoms with Crippen LogP contribution in [0, 0.1) is 0 Å². The molecule has 0 fully saturated rings. The Balaban J connectivity index is 2.68. The molecule has 0 spiro atoms. The Morgan fingerprint density at radius 1 is 1.50 bits per heavy atom. The maximum Gasteiger partial charge on any atom is 0.339 e. The van der Waals surface area contributed by atoms with Gasteiger partial charge in [-0.1, -0.05) is 11.6 Å². The SMILES string of the molecule is COc1c(C(=O)O)cc(Cl)c2c1CCN2C(C)=O. The molecule has 18 heavy (non-hydrogen) atoms. The molecule has 1 N–H and O–H groups in total. The first-order valence-corrected chi connectivity index (χ1v) is 5.76. The Kier molecular flexibility index (Phi) is 3.17. The van der Waals surface area contributed by atoms with Gasteiger partial charge in [0.2, 0.25) is 5.91 Å². The maximum atomic E-state index is 11.5. The highest BCUT2D eigenvalue weighted by Crippen LogP contribution is 2.43. The van der Waals surface area contributed by atoms with Crippen molar-refractivity contribution in [3.63, 3.8) is 0 Å². The summed E-state index contributed by atoms with van der Waals surface area (Å²) < 4.78 is 5.16. The second-order valence-electron chi connectivity index (χ2n) is 3.99. The van der Waals surface area contributed by atoms with E-state index in [-0.39, 0.29) is 22.2 Å². The first kappa shape index (κ1) is 12.7. The highest BCUT2D eigenvalue weighted by Gasteiger charge is 2.31. The van der Waals surface area contributed by atoms with E-state index < -0.39 is 5.97 Å². The topological polar surface area (TPSA) is 66.8 Å². The minimum Gasteiger partial charge on any atom is -0.495 e. The van der Waals surface area contributed by atoms with Crippen LogP contribution in [0.4, 0.5) is 5.69 Å². The molecular formula is C12H12ClNO4. The number of anilines is 1. The number of rotatable bonds is 2. The fraction of sp³-hybridized carbons (Fsp3) is 0.333. The molecule has 0 unspecified atom stereocenters. The van der Waals surface area contributed by atoms with Crippen molar-refractivity contribution in [3.8, 4) is 5.75 Å². The van der Waals surface area contributed by atoms with Gasteiger partial charge in [-0.05, 0) is 12.5 Å². The predicted octanol–water partition coefficient (Wildman–Crippen LogP) is 1.96. The average molecular weight is 270 g/mol. The first-order valence-electron chi connectivity index (χ1n) is 5.38. The van der Waals surface area contributed by atoms with Crippen LogP contribution in [0.5, 0.6) is 5.75 Å². The Hall–Kier alpha value is -1.75. The number of methoxy groups -OCH3 is 1. The molecule has 0 saturated carbocycles. The molecule has 0 atom stereocenters. The molecule has 6 heteroatoms. The third-order valence-electron chi connectivity index (χ3n) is 2.97. The van der Waals surface area contributed by atoms with Crippen LogP contribution in [0.1, 0.15) is 22.8 Å². The van der Waals surface area contributed by atoms with E-state index in [0.29, 0.717) is 24.2 Å². The number of nitrogens with zero attached hydrogens (tertiary/aromatic N) is 1. The molecule has 0 saturated heterocycles. The van der Waals surface area contributed by atoms with Gasteiger partial charge in [0, 0.05) is 19.0 Å². The zero-order valence-electron chi connectivity index (χ0n) is 9.99.